The van der Waals surface area contributed by atoms with E-state index in [1.165, 1.54) is 6.92 Å². The van der Waals surface area contributed by atoms with Crippen molar-refractivity contribution in [1.29, 1.82) is 0 Å². The Morgan fingerprint density at radius 3 is 2.50 bits per heavy atom. The molecule has 0 radical (unpaired) electrons. The van der Waals surface area contributed by atoms with Crippen LogP contribution in [0.25, 0.3) is 11.1 Å². The summed E-state index contributed by atoms with van der Waals surface area (Å²) in [6.07, 6.45) is 3.60. The van der Waals surface area contributed by atoms with Crippen LogP contribution in [0.2, 0.25) is 0 Å². The Balaban J connectivity index is 1.52. The van der Waals surface area contributed by atoms with E-state index >= 15 is 0 Å². The highest BCUT2D eigenvalue weighted by atomic mass is 32.2. The molecule has 2 atom stereocenters. The minimum absolute atomic E-state index is 0.174. The first-order valence-electron chi connectivity index (χ1n) is 15.0. The molecule has 11 nitrogen and oxygen atoms in total. The SMILES string of the molecule is COc1cc2c(c(OC)c1OC)-c1ccc(N[C@@H](CCSC)C(=O)NCc3ccc4c(c3)OCO4)c(=O)cc1[C@@H](NC(C)=O)CC2. The maximum Gasteiger partial charge on any atom is 0.242 e. The number of aryl methyl sites for hydroxylation is 1. The number of nitrogens with one attached hydrogen (secondary N) is 3. The van der Waals surface area contributed by atoms with Gasteiger partial charge in [0.25, 0.3) is 0 Å². The van der Waals surface area contributed by atoms with Crippen molar-refractivity contribution >= 4 is 29.3 Å². The summed E-state index contributed by atoms with van der Waals surface area (Å²) in [5, 5.41) is 9.23. The Bertz CT molecular complexity index is 1680. The summed E-state index contributed by atoms with van der Waals surface area (Å²) >= 11 is 1.61. The molecule has 0 unspecified atom stereocenters. The molecule has 5 rings (SSSR count). The number of fused-ring (bicyclic) bond motifs is 4. The lowest BCUT2D eigenvalue weighted by Gasteiger charge is -2.19. The van der Waals surface area contributed by atoms with Gasteiger partial charge in [-0.3, -0.25) is 14.4 Å². The van der Waals surface area contributed by atoms with Crippen molar-refractivity contribution in [2.75, 3.05) is 45.4 Å². The van der Waals surface area contributed by atoms with Crippen LogP contribution in [-0.2, 0) is 22.6 Å². The van der Waals surface area contributed by atoms with Crippen molar-refractivity contribution in [3.63, 3.8) is 0 Å². The summed E-state index contributed by atoms with van der Waals surface area (Å²) in [4.78, 5) is 39.6. The molecule has 244 valence electrons. The van der Waals surface area contributed by atoms with E-state index in [9.17, 15) is 14.4 Å². The molecule has 0 spiro atoms. The number of benzene rings is 2. The van der Waals surface area contributed by atoms with Crippen LogP contribution in [0.4, 0.5) is 5.69 Å². The monoisotopic (exact) mass is 649 g/mol. The average Bonchev–Trinajstić information content (AvgIpc) is 3.40. The van der Waals surface area contributed by atoms with Crippen molar-refractivity contribution in [2.24, 2.45) is 0 Å². The van der Waals surface area contributed by atoms with Crippen molar-refractivity contribution in [3.05, 3.63) is 69.4 Å². The number of amides is 2. The van der Waals surface area contributed by atoms with Crippen LogP contribution >= 0.6 is 11.8 Å². The van der Waals surface area contributed by atoms with E-state index in [1.54, 1.807) is 45.2 Å². The molecule has 0 saturated carbocycles. The zero-order valence-corrected chi connectivity index (χ0v) is 27.4. The molecule has 0 bridgehead atoms. The maximum atomic E-state index is 13.8. The summed E-state index contributed by atoms with van der Waals surface area (Å²) in [6, 6.07) is 11.4. The number of thioether (sulfide) groups is 1. The fourth-order valence-electron chi connectivity index (χ4n) is 5.88. The molecule has 0 fully saturated rings. The third kappa shape index (κ3) is 6.96. The van der Waals surface area contributed by atoms with Gasteiger partial charge in [-0.1, -0.05) is 12.1 Å². The van der Waals surface area contributed by atoms with Gasteiger partial charge < -0.3 is 39.6 Å². The van der Waals surface area contributed by atoms with Gasteiger partial charge in [0.05, 0.1) is 33.1 Å². The van der Waals surface area contributed by atoms with E-state index in [-0.39, 0.29) is 36.3 Å². The van der Waals surface area contributed by atoms with Crippen LogP contribution in [0.15, 0.2) is 47.3 Å². The number of hydrogen-bond acceptors (Lipinski definition) is 10. The van der Waals surface area contributed by atoms with Gasteiger partial charge in [0.2, 0.25) is 29.8 Å². The average molecular weight is 650 g/mol. The van der Waals surface area contributed by atoms with Gasteiger partial charge in [0, 0.05) is 19.0 Å². The molecular formula is C34H39N3O8S. The highest BCUT2D eigenvalue weighted by Crippen LogP contribution is 2.50. The summed E-state index contributed by atoms with van der Waals surface area (Å²) in [6.45, 7) is 1.91. The van der Waals surface area contributed by atoms with E-state index in [1.807, 2.05) is 36.6 Å². The summed E-state index contributed by atoms with van der Waals surface area (Å²) < 4.78 is 28.0. The summed E-state index contributed by atoms with van der Waals surface area (Å²) in [5.41, 5.74) is 3.86. The highest BCUT2D eigenvalue weighted by Gasteiger charge is 2.30. The molecule has 12 heteroatoms. The van der Waals surface area contributed by atoms with Gasteiger partial charge in [0.15, 0.2) is 23.0 Å². The second kappa shape index (κ2) is 14.7. The van der Waals surface area contributed by atoms with Crippen LogP contribution in [0, 0.1) is 0 Å². The Hall–Kier alpha value is -4.58. The second-order valence-corrected chi connectivity index (χ2v) is 12.0. The number of methoxy groups -OCH3 is 3. The third-order valence-corrected chi connectivity index (χ3v) is 8.72. The lowest BCUT2D eigenvalue weighted by Crippen LogP contribution is -2.40. The van der Waals surface area contributed by atoms with E-state index in [2.05, 4.69) is 16.0 Å². The number of carbonyl (C=O) groups is 2. The molecule has 46 heavy (non-hydrogen) atoms. The Kier molecular flexibility index (Phi) is 10.5. The molecule has 2 aliphatic rings. The van der Waals surface area contributed by atoms with Crippen LogP contribution in [-0.4, -0.2) is 58.0 Å². The lowest BCUT2D eigenvalue weighted by molar-refractivity contribution is -0.122. The number of ether oxygens (including phenoxy) is 5. The molecule has 0 saturated heterocycles. The molecular weight excluding hydrogens is 610 g/mol. The first-order chi connectivity index (χ1) is 22.3. The fourth-order valence-corrected chi connectivity index (χ4v) is 6.35. The van der Waals surface area contributed by atoms with E-state index in [0.29, 0.717) is 64.9 Å². The minimum Gasteiger partial charge on any atom is -0.493 e. The topological polar surface area (TPSA) is 133 Å². The quantitative estimate of drug-likeness (QED) is 0.259. The van der Waals surface area contributed by atoms with Crippen LogP contribution in [0.5, 0.6) is 28.7 Å². The summed E-state index contributed by atoms with van der Waals surface area (Å²) in [5.74, 6) is 2.99. The molecule has 1 aliphatic heterocycles. The van der Waals surface area contributed by atoms with E-state index in [4.69, 9.17) is 23.7 Å². The standard InChI is InChI=1S/C34H39N3O8S/c1-19(38)36-24-9-7-21-15-30(41-2)32(42-3)33(43-4)31(21)22-8-10-25(27(39)16-23(22)24)37-26(12-13-46-5)34(40)35-17-20-6-11-28-29(14-20)45-18-44-28/h6,8,10-11,14-16,24,26H,7,9,12-13,17-18H2,1-5H3,(H,35,40)(H,36,38)(H,37,39)/t24-,26-/m0/s1. The van der Waals surface area contributed by atoms with Gasteiger partial charge in [-0.05, 0) is 83.9 Å². The Morgan fingerprint density at radius 1 is 1.00 bits per heavy atom. The normalized spacial score (nSPS) is 15.0. The molecule has 1 aliphatic carbocycles. The third-order valence-electron chi connectivity index (χ3n) is 8.08. The molecule has 2 amide bonds. The molecule has 3 N–H and O–H groups in total. The number of hydrogen-bond donors (Lipinski definition) is 3. The van der Waals surface area contributed by atoms with Gasteiger partial charge >= 0.3 is 0 Å². The van der Waals surface area contributed by atoms with Crippen molar-refractivity contribution < 1.29 is 33.3 Å². The van der Waals surface area contributed by atoms with E-state index in [0.717, 1.165) is 16.7 Å². The molecule has 1 heterocycles. The minimum atomic E-state index is -0.673. The van der Waals surface area contributed by atoms with Gasteiger partial charge in [0.1, 0.15) is 6.04 Å². The number of anilines is 1. The first-order valence-corrected chi connectivity index (χ1v) is 16.4. The van der Waals surface area contributed by atoms with Gasteiger partial charge in [-0.15, -0.1) is 0 Å². The molecule has 3 aromatic rings. The molecule has 0 aromatic heterocycles. The van der Waals surface area contributed by atoms with Crippen molar-refractivity contribution in [3.8, 4) is 39.9 Å². The zero-order valence-electron chi connectivity index (χ0n) is 26.6. The van der Waals surface area contributed by atoms with E-state index < -0.39 is 12.1 Å². The smallest absolute Gasteiger partial charge is 0.242 e. The highest BCUT2D eigenvalue weighted by molar-refractivity contribution is 7.98. The second-order valence-electron chi connectivity index (χ2n) is 11.0. The first kappa shape index (κ1) is 32.8. The number of rotatable bonds is 12. The van der Waals surface area contributed by atoms with Crippen LogP contribution in [0.1, 0.15) is 42.5 Å². The lowest BCUT2D eigenvalue weighted by atomic mass is 9.95. The maximum absolute atomic E-state index is 13.8. The predicted octanol–water partition coefficient (Wildman–Crippen LogP) is 4.44. The molecule has 3 aromatic carbocycles. The van der Waals surface area contributed by atoms with Crippen molar-refractivity contribution in [2.45, 2.75) is 44.8 Å². The largest absolute Gasteiger partial charge is 0.493 e. The van der Waals surface area contributed by atoms with Gasteiger partial charge in [-0.25, -0.2) is 0 Å². The van der Waals surface area contributed by atoms with Crippen LogP contribution in [0.3, 0.4) is 0 Å². The Labute approximate surface area is 272 Å². The fraction of sp³-hybridized carbons (Fsp3) is 0.382. The number of carbonyl (C=O) groups excluding carboxylic acids is 2. The van der Waals surface area contributed by atoms with Crippen LogP contribution < -0.4 is 45.1 Å². The van der Waals surface area contributed by atoms with Gasteiger partial charge in [-0.2, -0.15) is 11.8 Å². The Morgan fingerprint density at radius 2 is 1.78 bits per heavy atom. The summed E-state index contributed by atoms with van der Waals surface area (Å²) in [7, 11) is 4.66. The predicted molar refractivity (Wildman–Crippen MR) is 178 cm³/mol. The zero-order chi connectivity index (χ0) is 32.8. The van der Waals surface area contributed by atoms with Crippen molar-refractivity contribution in [1.82, 2.24) is 10.6 Å².